The van der Waals surface area contributed by atoms with E-state index < -0.39 is 0 Å². The zero-order chi connectivity index (χ0) is 13.0. The average Bonchev–Trinajstić information content (AvgIpc) is 2.37. The topological polar surface area (TPSA) is 24.9 Å². The van der Waals surface area contributed by atoms with Gasteiger partial charge in [0.1, 0.15) is 5.82 Å². The molecular weight excluding hydrogens is 240 g/mol. The standard InChI is InChI=1S/C15H24N2S/c1-15(2,3)12-7-8-14(16-10-12)17-11-13-6-4-5-9-18-13/h7-8,10,13H,4-6,9,11H2,1-3H3,(H,16,17). The molecule has 1 saturated heterocycles. The third-order valence-corrected chi connectivity index (χ3v) is 4.81. The Morgan fingerprint density at radius 3 is 2.72 bits per heavy atom. The van der Waals surface area contributed by atoms with Gasteiger partial charge in [0.2, 0.25) is 0 Å². The van der Waals surface area contributed by atoms with Gasteiger partial charge in [-0.2, -0.15) is 11.8 Å². The zero-order valence-electron chi connectivity index (χ0n) is 11.7. The number of nitrogens with one attached hydrogen (secondary N) is 1. The molecule has 0 spiro atoms. The summed E-state index contributed by atoms with van der Waals surface area (Å²) in [5.41, 5.74) is 1.48. The summed E-state index contributed by atoms with van der Waals surface area (Å²) >= 11 is 2.10. The van der Waals surface area contributed by atoms with E-state index in [9.17, 15) is 0 Å². The molecule has 2 nitrogen and oxygen atoms in total. The maximum atomic E-state index is 4.51. The lowest BCUT2D eigenvalue weighted by molar-refractivity contribution is 0.587. The molecule has 1 N–H and O–H groups in total. The second-order valence-electron chi connectivity index (χ2n) is 6.05. The molecule has 3 heteroatoms. The number of hydrogen-bond acceptors (Lipinski definition) is 3. The first kappa shape index (κ1) is 13.7. The van der Waals surface area contributed by atoms with Crippen molar-refractivity contribution >= 4 is 17.6 Å². The van der Waals surface area contributed by atoms with Gasteiger partial charge in [0.05, 0.1) is 0 Å². The zero-order valence-corrected chi connectivity index (χ0v) is 12.5. The summed E-state index contributed by atoms with van der Waals surface area (Å²) in [5, 5.41) is 4.23. The quantitative estimate of drug-likeness (QED) is 0.890. The lowest BCUT2D eigenvalue weighted by Crippen LogP contribution is -2.20. The maximum Gasteiger partial charge on any atom is 0.125 e. The number of nitrogens with zero attached hydrogens (tertiary/aromatic N) is 1. The molecule has 0 bridgehead atoms. The van der Waals surface area contributed by atoms with E-state index in [1.54, 1.807) is 0 Å². The highest BCUT2D eigenvalue weighted by Gasteiger charge is 2.15. The minimum Gasteiger partial charge on any atom is -0.369 e. The van der Waals surface area contributed by atoms with E-state index in [0.29, 0.717) is 0 Å². The molecule has 0 saturated carbocycles. The molecule has 0 aromatic carbocycles. The van der Waals surface area contributed by atoms with Gasteiger partial charge in [-0.1, -0.05) is 33.3 Å². The number of pyridine rings is 1. The third-order valence-electron chi connectivity index (χ3n) is 3.41. The van der Waals surface area contributed by atoms with Gasteiger partial charge in [0.15, 0.2) is 0 Å². The number of anilines is 1. The second kappa shape index (κ2) is 5.96. The third kappa shape index (κ3) is 3.91. The van der Waals surface area contributed by atoms with Gasteiger partial charge in [0, 0.05) is 18.0 Å². The molecule has 1 aromatic heterocycles. The molecule has 1 unspecified atom stereocenters. The first-order chi connectivity index (χ1) is 8.55. The Balaban J connectivity index is 1.86. The maximum absolute atomic E-state index is 4.51. The van der Waals surface area contributed by atoms with Crippen LogP contribution < -0.4 is 5.32 Å². The van der Waals surface area contributed by atoms with E-state index >= 15 is 0 Å². The Labute approximate surface area is 115 Å². The Hall–Kier alpha value is -0.700. The van der Waals surface area contributed by atoms with Crippen LogP contribution in [0.2, 0.25) is 0 Å². The Morgan fingerprint density at radius 2 is 2.17 bits per heavy atom. The summed E-state index contributed by atoms with van der Waals surface area (Å²) in [6, 6.07) is 4.29. The summed E-state index contributed by atoms with van der Waals surface area (Å²) in [5.74, 6) is 2.33. The molecule has 18 heavy (non-hydrogen) atoms. The summed E-state index contributed by atoms with van der Waals surface area (Å²) in [7, 11) is 0. The van der Waals surface area contributed by atoms with Gasteiger partial charge in [-0.25, -0.2) is 4.98 Å². The summed E-state index contributed by atoms with van der Waals surface area (Å²) in [6.45, 7) is 7.70. The average molecular weight is 264 g/mol. The first-order valence-electron chi connectivity index (χ1n) is 6.88. The minimum atomic E-state index is 0.185. The number of thioether (sulfide) groups is 1. The van der Waals surface area contributed by atoms with Gasteiger partial charge in [-0.05, 0) is 35.6 Å². The van der Waals surface area contributed by atoms with E-state index in [1.807, 2.05) is 6.20 Å². The summed E-state index contributed by atoms with van der Waals surface area (Å²) in [6.07, 6.45) is 6.11. The van der Waals surface area contributed by atoms with E-state index in [2.05, 4.69) is 55.0 Å². The molecule has 2 rings (SSSR count). The van der Waals surface area contributed by atoms with Crippen molar-refractivity contribution < 1.29 is 0 Å². The molecule has 1 atom stereocenters. The van der Waals surface area contributed by atoms with E-state index in [0.717, 1.165) is 17.6 Å². The predicted molar refractivity (Wildman–Crippen MR) is 81.5 cm³/mol. The Bertz CT molecular complexity index is 361. The molecule has 0 amide bonds. The summed E-state index contributed by atoms with van der Waals surface area (Å²) < 4.78 is 0. The molecule has 0 aliphatic carbocycles. The van der Waals surface area contributed by atoms with Gasteiger partial charge in [-0.3, -0.25) is 0 Å². The molecule has 100 valence electrons. The van der Waals surface area contributed by atoms with Crippen molar-refractivity contribution in [2.75, 3.05) is 17.6 Å². The number of aromatic nitrogens is 1. The Morgan fingerprint density at radius 1 is 1.33 bits per heavy atom. The molecule has 2 heterocycles. The number of hydrogen-bond donors (Lipinski definition) is 1. The van der Waals surface area contributed by atoms with Gasteiger partial charge < -0.3 is 5.32 Å². The van der Waals surface area contributed by atoms with Crippen molar-refractivity contribution in [2.24, 2.45) is 0 Å². The molecule has 1 fully saturated rings. The van der Waals surface area contributed by atoms with Crippen molar-refractivity contribution in [3.05, 3.63) is 23.9 Å². The van der Waals surface area contributed by atoms with Crippen LogP contribution in [0.25, 0.3) is 0 Å². The molecular formula is C15H24N2S. The SMILES string of the molecule is CC(C)(C)c1ccc(NCC2CCCCS2)nc1. The van der Waals surface area contributed by atoms with Crippen molar-refractivity contribution in [3.8, 4) is 0 Å². The molecule has 1 aliphatic rings. The molecule has 1 aliphatic heterocycles. The van der Waals surface area contributed by atoms with Crippen molar-refractivity contribution in [2.45, 2.75) is 50.7 Å². The van der Waals surface area contributed by atoms with Crippen molar-refractivity contribution in [1.29, 1.82) is 0 Å². The fraction of sp³-hybridized carbons (Fsp3) is 0.667. The second-order valence-corrected chi connectivity index (χ2v) is 7.46. The molecule has 0 radical (unpaired) electrons. The Kier molecular flexibility index (Phi) is 4.55. The number of rotatable bonds is 3. The van der Waals surface area contributed by atoms with Crippen LogP contribution in [0.1, 0.15) is 45.6 Å². The van der Waals surface area contributed by atoms with E-state index in [-0.39, 0.29) is 5.41 Å². The normalized spacial score (nSPS) is 20.7. The van der Waals surface area contributed by atoms with Crippen LogP contribution in [0.3, 0.4) is 0 Å². The highest BCUT2D eigenvalue weighted by Crippen LogP contribution is 2.25. The lowest BCUT2D eigenvalue weighted by Gasteiger charge is -2.22. The van der Waals surface area contributed by atoms with Crippen LogP contribution in [0, 0.1) is 0 Å². The van der Waals surface area contributed by atoms with E-state index in [1.165, 1.54) is 30.6 Å². The first-order valence-corrected chi connectivity index (χ1v) is 7.92. The van der Waals surface area contributed by atoms with Crippen LogP contribution in [-0.4, -0.2) is 22.5 Å². The van der Waals surface area contributed by atoms with Crippen LogP contribution in [0.5, 0.6) is 0 Å². The smallest absolute Gasteiger partial charge is 0.125 e. The van der Waals surface area contributed by atoms with Crippen LogP contribution in [-0.2, 0) is 5.41 Å². The van der Waals surface area contributed by atoms with Crippen LogP contribution >= 0.6 is 11.8 Å². The minimum absolute atomic E-state index is 0.185. The monoisotopic (exact) mass is 264 g/mol. The van der Waals surface area contributed by atoms with Gasteiger partial charge in [0.25, 0.3) is 0 Å². The lowest BCUT2D eigenvalue weighted by atomic mass is 9.88. The fourth-order valence-corrected chi connectivity index (χ4v) is 3.37. The van der Waals surface area contributed by atoms with Gasteiger partial charge in [-0.15, -0.1) is 0 Å². The predicted octanol–water partition coefficient (Wildman–Crippen LogP) is 4.08. The highest BCUT2D eigenvalue weighted by atomic mass is 32.2. The van der Waals surface area contributed by atoms with Crippen molar-refractivity contribution in [1.82, 2.24) is 4.98 Å². The molecule has 1 aromatic rings. The van der Waals surface area contributed by atoms with Crippen LogP contribution in [0.15, 0.2) is 18.3 Å². The van der Waals surface area contributed by atoms with E-state index in [4.69, 9.17) is 0 Å². The summed E-state index contributed by atoms with van der Waals surface area (Å²) in [4.78, 5) is 4.51. The van der Waals surface area contributed by atoms with Crippen molar-refractivity contribution in [3.63, 3.8) is 0 Å². The fourth-order valence-electron chi connectivity index (χ4n) is 2.13. The largest absolute Gasteiger partial charge is 0.369 e. The van der Waals surface area contributed by atoms with Gasteiger partial charge >= 0.3 is 0 Å². The van der Waals surface area contributed by atoms with Crippen LogP contribution in [0.4, 0.5) is 5.82 Å². The highest BCUT2D eigenvalue weighted by molar-refractivity contribution is 7.99.